The number of carbonyl (C=O) groups is 3. The molecule has 4 rings (SSSR count). The Morgan fingerprint density at radius 2 is 1.42 bits per heavy atom. The molecule has 2 aliphatic rings. The second-order valence-corrected chi connectivity index (χ2v) is 5.77. The van der Waals surface area contributed by atoms with Crippen molar-refractivity contribution in [2.75, 3.05) is 0 Å². The summed E-state index contributed by atoms with van der Waals surface area (Å²) in [4.78, 5) is 38.1. The highest BCUT2D eigenvalue weighted by atomic mass is 16.2. The number of imide groups is 1. The molecule has 0 spiro atoms. The first-order valence-electron chi connectivity index (χ1n) is 7.67. The van der Waals surface area contributed by atoms with Crippen LogP contribution in [0.25, 0.3) is 6.08 Å². The molecule has 0 radical (unpaired) electrons. The third kappa shape index (κ3) is 2.13. The lowest BCUT2D eigenvalue weighted by molar-refractivity contribution is -0.133. The molecule has 0 aliphatic carbocycles. The van der Waals surface area contributed by atoms with Crippen LogP contribution in [0.5, 0.6) is 0 Å². The zero-order valence-electron chi connectivity index (χ0n) is 12.7. The molecule has 2 aliphatic heterocycles. The van der Waals surface area contributed by atoms with Crippen LogP contribution >= 0.6 is 0 Å². The van der Waals surface area contributed by atoms with Crippen LogP contribution in [0.15, 0.2) is 60.7 Å². The van der Waals surface area contributed by atoms with Gasteiger partial charge in [0.1, 0.15) is 6.04 Å². The largest absolute Gasteiger partial charge is 0.345 e. The standard InChI is InChI=1S/C19H14N2O3/c22-17-16(15(20-17)11-10-12-6-2-1-3-7-12)21-18(23)13-8-4-5-9-14(13)19(21)24/h1-11,15-16H,(H,20,22)/b11-10+. The van der Waals surface area contributed by atoms with Crippen LogP contribution in [-0.4, -0.2) is 34.7 Å². The van der Waals surface area contributed by atoms with E-state index in [4.69, 9.17) is 0 Å². The average molecular weight is 318 g/mol. The lowest BCUT2D eigenvalue weighted by Crippen LogP contribution is -2.69. The molecule has 5 heteroatoms. The van der Waals surface area contributed by atoms with Gasteiger partial charge in [0.2, 0.25) is 5.91 Å². The monoisotopic (exact) mass is 318 g/mol. The summed E-state index contributed by atoms with van der Waals surface area (Å²) in [6, 6.07) is 15.1. The summed E-state index contributed by atoms with van der Waals surface area (Å²) >= 11 is 0. The van der Waals surface area contributed by atoms with Crippen LogP contribution in [0.2, 0.25) is 0 Å². The Hall–Kier alpha value is -3.21. The molecule has 2 aromatic rings. The van der Waals surface area contributed by atoms with Crippen LogP contribution in [0.1, 0.15) is 26.3 Å². The molecular formula is C19H14N2O3. The van der Waals surface area contributed by atoms with E-state index >= 15 is 0 Å². The van der Waals surface area contributed by atoms with Gasteiger partial charge < -0.3 is 5.32 Å². The fourth-order valence-corrected chi connectivity index (χ4v) is 3.07. The van der Waals surface area contributed by atoms with Crippen molar-refractivity contribution in [2.45, 2.75) is 12.1 Å². The molecule has 1 saturated heterocycles. The van der Waals surface area contributed by atoms with Crippen molar-refractivity contribution in [3.8, 4) is 0 Å². The lowest BCUT2D eigenvalue weighted by Gasteiger charge is -2.39. The molecule has 1 N–H and O–H groups in total. The zero-order valence-corrected chi connectivity index (χ0v) is 12.7. The molecule has 2 unspecified atom stereocenters. The van der Waals surface area contributed by atoms with Crippen molar-refractivity contribution < 1.29 is 14.4 Å². The molecule has 5 nitrogen and oxygen atoms in total. The summed E-state index contributed by atoms with van der Waals surface area (Å²) in [6.45, 7) is 0. The number of fused-ring (bicyclic) bond motifs is 1. The van der Waals surface area contributed by atoms with E-state index in [1.54, 1.807) is 24.3 Å². The number of β-lactam (4-membered cyclic amide) rings is 1. The third-order valence-electron chi connectivity index (χ3n) is 4.32. The first-order valence-corrected chi connectivity index (χ1v) is 7.67. The van der Waals surface area contributed by atoms with Gasteiger partial charge in [0.15, 0.2) is 0 Å². The Kier molecular flexibility index (Phi) is 3.27. The number of nitrogens with zero attached hydrogens (tertiary/aromatic N) is 1. The molecule has 118 valence electrons. The topological polar surface area (TPSA) is 66.5 Å². The number of benzene rings is 2. The predicted molar refractivity (Wildman–Crippen MR) is 88.1 cm³/mol. The van der Waals surface area contributed by atoms with Crippen molar-refractivity contribution in [2.24, 2.45) is 0 Å². The van der Waals surface area contributed by atoms with Gasteiger partial charge in [-0.25, -0.2) is 0 Å². The quantitative estimate of drug-likeness (QED) is 0.694. The van der Waals surface area contributed by atoms with Crippen molar-refractivity contribution in [3.05, 3.63) is 77.4 Å². The molecular weight excluding hydrogens is 304 g/mol. The number of amides is 3. The van der Waals surface area contributed by atoms with E-state index in [-0.39, 0.29) is 11.9 Å². The van der Waals surface area contributed by atoms with Gasteiger partial charge >= 0.3 is 0 Å². The zero-order chi connectivity index (χ0) is 16.7. The number of hydrogen-bond acceptors (Lipinski definition) is 3. The summed E-state index contributed by atoms with van der Waals surface area (Å²) in [7, 11) is 0. The minimum absolute atomic E-state index is 0.313. The van der Waals surface area contributed by atoms with Gasteiger partial charge in [-0.3, -0.25) is 19.3 Å². The van der Waals surface area contributed by atoms with Crippen LogP contribution in [0.4, 0.5) is 0 Å². The highest BCUT2D eigenvalue weighted by molar-refractivity contribution is 6.23. The van der Waals surface area contributed by atoms with E-state index in [2.05, 4.69) is 5.32 Å². The SMILES string of the molecule is O=C1NC(/C=C/c2ccccc2)C1N1C(=O)c2ccccc2C1=O. The average Bonchev–Trinajstić information content (AvgIpc) is 2.85. The van der Waals surface area contributed by atoms with Gasteiger partial charge in [0.25, 0.3) is 11.8 Å². The Morgan fingerprint density at radius 1 is 0.833 bits per heavy atom. The van der Waals surface area contributed by atoms with Gasteiger partial charge in [-0.05, 0) is 17.7 Å². The summed E-state index contributed by atoms with van der Waals surface area (Å²) in [5, 5.41) is 2.74. The van der Waals surface area contributed by atoms with Gasteiger partial charge in [0, 0.05) is 0 Å². The fourth-order valence-electron chi connectivity index (χ4n) is 3.07. The lowest BCUT2D eigenvalue weighted by atomic mass is 9.96. The molecule has 1 fully saturated rings. The summed E-state index contributed by atoms with van der Waals surface area (Å²) in [6.07, 6.45) is 3.68. The van der Waals surface area contributed by atoms with Gasteiger partial charge in [0.05, 0.1) is 17.2 Å². The maximum absolute atomic E-state index is 12.5. The fraction of sp³-hybridized carbons (Fsp3) is 0.105. The van der Waals surface area contributed by atoms with Crippen LogP contribution in [-0.2, 0) is 4.79 Å². The van der Waals surface area contributed by atoms with Crippen molar-refractivity contribution in [3.63, 3.8) is 0 Å². The smallest absolute Gasteiger partial charge is 0.262 e. The van der Waals surface area contributed by atoms with E-state index in [1.165, 1.54) is 0 Å². The molecule has 2 aromatic carbocycles. The minimum Gasteiger partial charge on any atom is -0.345 e. The Labute approximate surface area is 138 Å². The Morgan fingerprint density at radius 3 is 2.00 bits per heavy atom. The van der Waals surface area contributed by atoms with Crippen molar-refractivity contribution in [1.29, 1.82) is 0 Å². The molecule has 0 aromatic heterocycles. The maximum atomic E-state index is 12.5. The molecule has 2 atom stereocenters. The van der Waals surface area contributed by atoms with Crippen molar-refractivity contribution >= 4 is 23.8 Å². The first kappa shape index (κ1) is 14.4. The summed E-state index contributed by atoms with van der Waals surface area (Å²) in [5.41, 5.74) is 1.70. The van der Waals surface area contributed by atoms with Crippen LogP contribution in [0.3, 0.4) is 0 Å². The Balaban J connectivity index is 1.60. The van der Waals surface area contributed by atoms with Crippen molar-refractivity contribution in [1.82, 2.24) is 10.2 Å². The highest BCUT2D eigenvalue weighted by Crippen LogP contribution is 2.28. The Bertz CT molecular complexity index is 838. The van der Waals surface area contributed by atoms with Gasteiger partial charge in [-0.2, -0.15) is 0 Å². The molecule has 3 amide bonds. The molecule has 24 heavy (non-hydrogen) atoms. The number of nitrogens with one attached hydrogen (secondary N) is 1. The highest BCUT2D eigenvalue weighted by Gasteiger charge is 2.50. The molecule has 2 heterocycles. The van der Waals surface area contributed by atoms with E-state index in [1.807, 2.05) is 42.5 Å². The number of hydrogen-bond donors (Lipinski definition) is 1. The van der Waals surface area contributed by atoms with E-state index in [9.17, 15) is 14.4 Å². The van der Waals surface area contributed by atoms with Crippen LogP contribution in [0, 0.1) is 0 Å². The third-order valence-corrected chi connectivity index (χ3v) is 4.32. The molecule has 0 bridgehead atoms. The number of rotatable bonds is 3. The van der Waals surface area contributed by atoms with E-state index < -0.39 is 17.9 Å². The normalized spacial score (nSPS) is 22.5. The first-order chi connectivity index (χ1) is 11.7. The second-order valence-electron chi connectivity index (χ2n) is 5.77. The van der Waals surface area contributed by atoms with E-state index in [0.29, 0.717) is 11.1 Å². The van der Waals surface area contributed by atoms with Gasteiger partial charge in [-0.1, -0.05) is 54.6 Å². The summed E-state index contributed by atoms with van der Waals surface area (Å²) in [5.74, 6) is -1.13. The van der Waals surface area contributed by atoms with Gasteiger partial charge in [-0.15, -0.1) is 0 Å². The molecule has 0 saturated carbocycles. The van der Waals surface area contributed by atoms with E-state index in [0.717, 1.165) is 10.5 Å². The maximum Gasteiger partial charge on any atom is 0.262 e. The predicted octanol–water partition coefficient (Wildman–Crippen LogP) is 1.86. The second kappa shape index (κ2) is 5.45. The van der Waals surface area contributed by atoms with Crippen LogP contribution < -0.4 is 5.32 Å². The summed E-state index contributed by atoms with van der Waals surface area (Å²) < 4.78 is 0. The number of carbonyl (C=O) groups excluding carboxylic acids is 3. The minimum atomic E-state index is -0.794.